The molecule has 3 rings (SSSR count). The first-order valence-electron chi connectivity index (χ1n) is 10.7. The van der Waals surface area contributed by atoms with Crippen molar-refractivity contribution in [3.8, 4) is 0 Å². The Morgan fingerprint density at radius 2 is 1.89 bits per heavy atom. The smallest absolute Gasteiger partial charge is 0.133 e. The van der Waals surface area contributed by atoms with Crippen LogP contribution in [0.25, 0.3) is 0 Å². The maximum atomic E-state index is 10.5. The Bertz CT molecular complexity index is 595. The van der Waals surface area contributed by atoms with E-state index in [4.69, 9.17) is 4.98 Å². The number of rotatable bonds is 6. The van der Waals surface area contributed by atoms with Gasteiger partial charge in [-0.3, -0.25) is 0 Å². The first-order valence-corrected chi connectivity index (χ1v) is 10.7. The molecule has 5 heteroatoms. The zero-order valence-electron chi connectivity index (χ0n) is 17.2. The van der Waals surface area contributed by atoms with Crippen LogP contribution in [0.5, 0.6) is 0 Å². The number of aliphatic hydroxyl groups is 2. The fraction of sp³-hybridized carbons (Fsp3) is 0.818. The van der Waals surface area contributed by atoms with Crippen molar-refractivity contribution in [3.63, 3.8) is 0 Å². The summed E-state index contributed by atoms with van der Waals surface area (Å²) in [5.41, 5.74) is 0.928. The van der Waals surface area contributed by atoms with Crippen LogP contribution < -0.4 is 5.32 Å². The van der Waals surface area contributed by atoms with Crippen LogP contribution in [0.2, 0.25) is 0 Å². The highest BCUT2D eigenvalue weighted by Gasteiger charge is 2.42. The zero-order chi connectivity index (χ0) is 19.4. The summed E-state index contributed by atoms with van der Waals surface area (Å²) in [5.74, 6) is 1.74. The van der Waals surface area contributed by atoms with Gasteiger partial charge >= 0.3 is 0 Å². The van der Waals surface area contributed by atoms with Crippen LogP contribution in [0.3, 0.4) is 0 Å². The van der Waals surface area contributed by atoms with Crippen LogP contribution in [0, 0.1) is 17.8 Å². The SMILES string of the molecule is CC(C)(C)c1nccc(C[C@@H]2[C@@H](CO)[C@H](O)C[C@H]2NCC2CCCCC2)n1. The van der Waals surface area contributed by atoms with E-state index in [1.807, 2.05) is 12.3 Å². The van der Waals surface area contributed by atoms with Gasteiger partial charge in [-0.1, -0.05) is 40.0 Å². The lowest BCUT2D eigenvalue weighted by atomic mass is 9.87. The first-order chi connectivity index (χ1) is 12.9. The van der Waals surface area contributed by atoms with Crippen LogP contribution in [0.15, 0.2) is 12.3 Å². The molecule has 1 aromatic rings. The number of aliphatic hydroxyl groups excluding tert-OH is 2. The van der Waals surface area contributed by atoms with Crippen molar-refractivity contribution in [2.24, 2.45) is 17.8 Å². The molecule has 27 heavy (non-hydrogen) atoms. The van der Waals surface area contributed by atoms with Gasteiger partial charge in [0.25, 0.3) is 0 Å². The summed E-state index contributed by atoms with van der Waals surface area (Å²) in [6, 6.07) is 2.22. The number of hydrogen-bond acceptors (Lipinski definition) is 5. The summed E-state index contributed by atoms with van der Waals surface area (Å²) < 4.78 is 0. The maximum Gasteiger partial charge on any atom is 0.133 e. The number of hydrogen-bond donors (Lipinski definition) is 3. The molecule has 0 amide bonds. The largest absolute Gasteiger partial charge is 0.396 e. The number of nitrogens with one attached hydrogen (secondary N) is 1. The lowest BCUT2D eigenvalue weighted by Gasteiger charge is -2.28. The molecule has 0 spiro atoms. The minimum absolute atomic E-state index is 0.0324. The molecule has 0 aromatic carbocycles. The highest BCUT2D eigenvalue weighted by atomic mass is 16.3. The Labute approximate surface area is 164 Å². The van der Waals surface area contributed by atoms with Gasteiger partial charge in [0.15, 0.2) is 0 Å². The van der Waals surface area contributed by atoms with Crippen LogP contribution in [0.1, 0.15) is 70.8 Å². The summed E-state index contributed by atoms with van der Waals surface area (Å²) in [6.45, 7) is 7.43. The maximum absolute atomic E-state index is 10.5. The third kappa shape index (κ3) is 5.27. The van der Waals surface area contributed by atoms with E-state index < -0.39 is 6.10 Å². The molecular weight excluding hydrogens is 338 g/mol. The molecule has 1 heterocycles. The quantitative estimate of drug-likeness (QED) is 0.713. The minimum atomic E-state index is -0.437. The summed E-state index contributed by atoms with van der Waals surface area (Å²) in [6.07, 6.45) is 9.60. The molecule has 2 aliphatic carbocycles. The molecule has 5 nitrogen and oxygen atoms in total. The Morgan fingerprint density at radius 3 is 2.56 bits per heavy atom. The topological polar surface area (TPSA) is 78.3 Å². The lowest BCUT2D eigenvalue weighted by Crippen LogP contribution is -2.39. The van der Waals surface area contributed by atoms with E-state index in [1.165, 1.54) is 32.1 Å². The highest BCUT2D eigenvalue weighted by molar-refractivity contribution is 5.11. The van der Waals surface area contributed by atoms with E-state index in [-0.39, 0.29) is 29.9 Å². The van der Waals surface area contributed by atoms with Gasteiger partial charge in [-0.2, -0.15) is 0 Å². The third-order valence-corrected chi connectivity index (χ3v) is 6.49. The Kier molecular flexibility index (Phi) is 6.88. The van der Waals surface area contributed by atoms with E-state index >= 15 is 0 Å². The van der Waals surface area contributed by atoms with Gasteiger partial charge < -0.3 is 15.5 Å². The Balaban J connectivity index is 1.69. The van der Waals surface area contributed by atoms with Crippen LogP contribution in [-0.4, -0.2) is 45.5 Å². The van der Waals surface area contributed by atoms with Crippen LogP contribution in [0.4, 0.5) is 0 Å². The Morgan fingerprint density at radius 1 is 1.15 bits per heavy atom. The molecule has 2 fully saturated rings. The summed E-state index contributed by atoms with van der Waals surface area (Å²) in [5, 5.41) is 24.1. The summed E-state index contributed by atoms with van der Waals surface area (Å²) >= 11 is 0. The fourth-order valence-corrected chi connectivity index (χ4v) is 4.80. The molecule has 0 radical (unpaired) electrons. The number of nitrogens with zero attached hydrogens (tertiary/aromatic N) is 2. The molecule has 1 aromatic heterocycles. The number of aromatic nitrogens is 2. The monoisotopic (exact) mass is 375 g/mol. The fourth-order valence-electron chi connectivity index (χ4n) is 4.80. The van der Waals surface area contributed by atoms with Gasteiger partial charge in [0.2, 0.25) is 0 Å². The van der Waals surface area contributed by atoms with Crippen LogP contribution in [-0.2, 0) is 11.8 Å². The van der Waals surface area contributed by atoms with Gasteiger partial charge in [0.05, 0.1) is 6.10 Å². The molecule has 0 unspecified atom stereocenters. The van der Waals surface area contributed by atoms with Crippen molar-refractivity contribution >= 4 is 0 Å². The van der Waals surface area contributed by atoms with Crippen molar-refractivity contribution < 1.29 is 10.2 Å². The average molecular weight is 376 g/mol. The Hall–Kier alpha value is -1.04. The molecule has 4 atom stereocenters. The first kappa shape index (κ1) is 20.7. The molecule has 0 bridgehead atoms. The van der Waals surface area contributed by atoms with E-state index in [0.29, 0.717) is 0 Å². The normalized spacial score (nSPS) is 30.0. The molecule has 3 N–H and O–H groups in total. The van der Waals surface area contributed by atoms with Gasteiger partial charge in [0.1, 0.15) is 5.82 Å². The second-order valence-corrected chi connectivity index (χ2v) is 9.66. The lowest BCUT2D eigenvalue weighted by molar-refractivity contribution is 0.0715. The van der Waals surface area contributed by atoms with Crippen molar-refractivity contribution in [2.45, 2.75) is 83.3 Å². The van der Waals surface area contributed by atoms with Crippen molar-refractivity contribution in [2.75, 3.05) is 13.2 Å². The predicted molar refractivity (Wildman–Crippen MR) is 107 cm³/mol. The molecule has 2 saturated carbocycles. The van der Waals surface area contributed by atoms with E-state index in [1.54, 1.807) is 0 Å². The predicted octanol–water partition coefficient (Wildman–Crippen LogP) is 2.84. The van der Waals surface area contributed by atoms with Gasteiger partial charge in [-0.25, -0.2) is 9.97 Å². The summed E-state index contributed by atoms with van der Waals surface area (Å²) in [7, 11) is 0. The third-order valence-electron chi connectivity index (χ3n) is 6.49. The van der Waals surface area contributed by atoms with Crippen LogP contribution >= 0.6 is 0 Å². The average Bonchev–Trinajstić information content (AvgIpc) is 2.95. The highest BCUT2D eigenvalue weighted by Crippen LogP contribution is 2.35. The van der Waals surface area contributed by atoms with E-state index in [9.17, 15) is 10.2 Å². The van der Waals surface area contributed by atoms with Crippen molar-refractivity contribution in [1.29, 1.82) is 0 Å². The molecular formula is C22H37N3O2. The van der Waals surface area contributed by atoms with Gasteiger partial charge in [-0.05, 0) is 50.1 Å². The molecule has 152 valence electrons. The van der Waals surface area contributed by atoms with Crippen molar-refractivity contribution in [1.82, 2.24) is 15.3 Å². The van der Waals surface area contributed by atoms with Gasteiger partial charge in [0, 0.05) is 35.9 Å². The standard InChI is InChI=1S/C22H37N3O2/c1-22(2,3)21-23-10-9-16(25-21)11-17-18(14-26)20(27)12-19(17)24-13-15-7-5-4-6-8-15/h9-10,15,17-20,24,26-27H,4-8,11-14H2,1-3H3/t17-,18-,19-,20-/m1/s1. The van der Waals surface area contributed by atoms with Gasteiger partial charge in [-0.15, -0.1) is 0 Å². The second-order valence-electron chi connectivity index (χ2n) is 9.66. The van der Waals surface area contributed by atoms with Crippen molar-refractivity contribution in [3.05, 3.63) is 23.8 Å². The molecule has 2 aliphatic rings. The molecule has 0 saturated heterocycles. The van der Waals surface area contributed by atoms with E-state index in [2.05, 4.69) is 31.1 Å². The summed E-state index contributed by atoms with van der Waals surface area (Å²) in [4.78, 5) is 9.21. The zero-order valence-corrected chi connectivity index (χ0v) is 17.2. The molecule has 0 aliphatic heterocycles. The minimum Gasteiger partial charge on any atom is -0.396 e. The second kappa shape index (κ2) is 8.97. The van der Waals surface area contributed by atoms with E-state index in [0.717, 1.165) is 36.8 Å².